The van der Waals surface area contributed by atoms with Gasteiger partial charge in [-0.05, 0) is 73.5 Å². The molecule has 0 aliphatic heterocycles. The number of aliphatic hydroxyl groups excluding tert-OH is 1. The summed E-state index contributed by atoms with van der Waals surface area (Å²) in [6.45, 7) is 13.8. The third-order valence-corrected chi connectivity index (χ3v) is 7.92. The van der Waals surface area contributed by atoms with E-state index in [1.165, 1.54) is 5.57 Å². The lowest BCUT2D eigenvalue weighted by molar-refractivity contribution is -0.148. The minimum atomic E-state index is -0.978. The van der Waals surface area contributed by atoms with E-state index in [2.05, 4.69) is 34.3 Å². The molecule has 0 aromatic heterocycles. The Kier molecular flexibility index (Phi) is 7.94. The van der Waals surface area contributed by atoms with Crippen molar-refractivity contribution in [3.63, 3.8) is 0 Å². The highest BCUT2D eigenvalue weighted by atomic mass is 16.5. The first-order valence-electron chi connectivity index (χ1n) is 11.2. The van der Waals surface area contributed by atoms with Crippen molar-refractivity contribution in [2.24, 2.45) is 28.6 Å². The first-order valence-corrected chi connectivity index (χ1v) is 11.2. The lowest BCUT2D eigenvalue weighted by Gasteiger charge is -2.59. The van der Waals surface area contributed by atoms with Crippen LogP contribution in [0.5, 0.6) is 0 Å². The number of hydrogen-bond acceptors (Lipinski definition) is 4. The molecule has 2 aliphatic rings. The van der Waals surface area contributed by atoms with E-state index >= 15 is 0 Å². The number of aliphatic carboxylic acids is 1. The van der Waals surface area contributed by atoms with Gasteiger partial charge in [-0.15, -0.1) is 0 Å². The van der Waals surface area contributed by atoms with Gasteiger partial charge < -0.3 is 14.9 Å². The molecular weight excluding hydrogens is 368 g/mol. The average Bonchev–Trinajstić information content (AvgIpc) is 2.63. The third kappa shape index (κ3) is 5.62. The molecule has 0 unspecified atom stereocenters. The maximum Gasteiger partial charge on any atom is 0.306 e. The molecule has 0 aromatic rings. The second-order valence-electron chi connectivity index (χ2n) is 10.3. The van der Waals surface area contributed by atoms with E-state index in [9.17, 15) is 14.7 Å². The highest BCUT2D eigenvalue weighted by Crippen LogP contribution is 2.61. The monoisotopic (exact) mass is 408 g/mol. The Hall–Kier alpha value is -1.36. The summed E-state index contributed by atoms with van der Waals surface area (Å²) in [7, 11) is 0. The summed E-state index contributed by atoms with van der Waals surface area (Å²) < 4.78 is 5.17. The fraction of sp³-hybridized carbons (Fsp3) is 0.833. The largest absolute Gasteiger partial charge is 0.481 e. The molecule has 0 amide bonds. The number of rotatable bonds is 9. The molecule has 0 bridgehead atoms. The molecule has 2 aliphatic carbocycles. The predicted octanol–water partition coefficient (Wildman–Crippen LogP) is 4.97. The van der Waals surface area contributed by atoms with Gasteiger partial charge in [0.05, 0.1) is 25.6 Å². The van der Waals surface area contributed by atoms with Crippen molar-refractivity contribution in [3.8, 4) is 0 Å². The van der Waals surface area contributed by atoms with Gasteiger partial charge in [0.25, 0.3) is 0 Å². The summed E-state index contributed by atoms with van der Waals surface area (Å²) in [5, 5.41) is 19.2. The fourth-order valence-corrected chi connectivity index (χ4v) is 5.95. The maximum atomic E-state index is 11.5. The van der Waals surface area contributed by atoms with Crippen LogP contribution in [0.25, 0.3) is 0 Å². The van der Waals surface area contributed by atoms with E-state index < -0.39 is 11.9 Å². The number of esters is 1. The smallest absolute Gasteiger partial charge is 0.306 e. The van der Waals surface area contributed by atoms with E-state index in [0.29, 0.717) is 24.4 Å². The van der Waals surface area contributed by atoms with Crippen LogP contribution in [0.3, 0.4) is 0 Å². The van der Waals surface area contributed by atoms with Crippen LogP contribution in [0.15, 0.2) is 12.2 Å². The van der Waals surface area contributed by atoms with Crippen molar-refractivity contribution in [3.05, 3.63) is 12.2 Å². The van der Waals surface area contributed by atoms with Crippen LogP contribution in [-0.2, 0) is 14.3 Å². The fourth-order valence-electron chi connectivity index (χ4n) is 5.95. The number of allylic oxidation sites excluding steroid dienone is 1. The van der Waals surface area contributed by atoms with Crippen LogP contribution in [0.2, 0.25) is 0 Å². The molecule has 166 valence electrons. The summed E-state index contributed by atoms with van der Waals surface area (Å²) in [6, 6.07) is 0. The molecule has 29 heavy (non-hydrogen) atoms. The van der Waals surface area contributed by atoms with Crippen molar-refractivity contribution in [2.45, 2.75) is 91.6 Å². The Morgan fingerprint density at radius 2 is 1.90 bits per heavy atom. The average molecular weight is 409 g/mol. The van der Waals surface area contributed by atoms with Crippen molar-refractivity contribution < 1.29 is 24.5 Å². The zero-order chi connectivity index (χ0) is 21.8. The second kappa shape index (κ2) is 9.63. The Bertz CT molecular complexity index is 610. The van der Waals surface area contributed by atoms with Gasteiger partial charge in [-0.1, -0.05) is 39.8 Å². The molecule has 0 radical (unpaired) electrons. The Labute approximate surface area is 175 Å². The van der Waals surface area contributed by atoms with Gasteiger partial charge in [0.15, 0.2) is 0 Å². The minimum Gasteiger partial charge on any atom is -0.481 e. The van der Waals surface area contributed by atoms with E-state index in [1.807, 2.05) is 0 Å². The maximum absolute atomic E-state index is 11.5. The van der Waals surface area contributed by atoms with Crippen molar-refractivity contribution >= 4 is 11.9 Å². The molecule has 5 heteroatoms. The number of fused-ring (bicyclic) bond motifs is 1. The van der Waals surface area contributed by atoms with Crippen LogP contribution in [-0.4, -0.2) is 34.9 Å². The number of ether oxygens (including phenoxy) is 1. The molecule has 0 spiro atoms. The molecule has 2 saturated carbocycles. The standard InChI is InChI=1S/C24H40O5/c1-16(13-15-29-22(28)11-10-21(26)27)6-8-18-17(2)7-9-19-23(3,4)20(25)12-14-24(18,19)5/h16,18-20,25H,2,6-15H2,1,3-5H3,(H,26,27)/t16-,18+,19-,20-,24+/m0/s1. The lowest BCUT2D eigenvalue weighted by atomic mass is 9.46. The van der Waals surface area contributed by atoms with E-state index in [4.69, 9.17) is 9.84 Å². The van der Waals surface area contributed by atoms with Gasteiger partial charge in [-0.25, -0.2) is 0 Å². The topological polar surface area (TPSA) is 83.8 Å². The van der Waals surface area contributed by atoms with Crippen molar-refractivity contribution in [1.29, 1.82) is 0 Å². The zero-order valence-corrected chi connectivity index (χ0v) is 18.7. The summed E-state index contributed by atoms with van der Waals surface area (Å²) in [6.07, 6.45) is 6.58. The van der Waals surface area contributed by atoms with Crippen LogP contribution < -0.4 is 0 Å². The summed E-state index contributed by atoms with van der Waals surface area (Å²) in [5.74, 6) is 0.0152. The third-order valence-electron chi connectivity index (χ3n) is 7.92. The lowest BCUT2D eigenvalue weighted by Crippen LogP contribution is -2.54. The van der Waals surface area contributed by atoms with Crippen molar-refractivity contribution in [1.82, 2.24) is 0 Å². The predicted molar refractivity (Wildman–Crippen MR) is 113 cm³/mol. The van der Waals surface area contributed by atoms with E-state index in [0.717, 1.165) is 44.9 Å². The van der Waals surface area contributed by atoms with Crippen LogP contribution >= 0.6 is 0 Å². The molecule has 2 fully saturated rings. The molecular formula is C24H40O5. The summed E-state index contributed by atoms with van der Waals surface area (Å²) in [5.41, 5.74) is 1.51. The van der Waals surface area contributed by atoms with Gasteiger partial charge >= 0.3 is 11.9 Å². The van der Waals surface area contributed by atoms with Crippen LogP contribution in [0.1, 0.15) is 85.5 Å². The molecule has 0 saturated heterocycles. The normalized spacial score (nSPS) is 32.3. The molecule has 2 N–H and O–H groups in total. The Balaban J connectivity index is 1.86. The first kappa shape index (κ1) is 23.9. The highest BCUT2D eigenvalue weighted by Gasteiger charge is 2.55. The quantitative estimate of drug-likeness (QED) is 0.416. The molecule has 2 rings (SSSR count). The van der Waals surface area contributed by atoms with Crippen LogP contribution in [0.4, 0.5) is 0 Å². The highest BCUT2D eigenvalue weighted by molar-refractivity contribution is 5.76. The van der Waals surface area contributed by atoms with Crippen LogP contribution in [0, 0.1) is 28.6 Å². The number of hydrogen-bond donors (Lipinski definition) is 2. The number of carboxylic acids is 1. The van der Waals surface area contributed by atoms with Gasteiger partial charge in [0, 0.05) is 0 Å². The molecule has 5 nitrogen and oxygen atoms in total. The summed E-state index contributed by atoms with van der Waals surface area (Å²) >= 11 is 0. The Morgan fingerprint density at radius 1 is 1.21 bits per heavy atom. The van der Waals surface area contributed by atoms with Crippen molar-refractivity contribution in [2.75, 3.05) is 6.61 Å². The van der Waals surface area contributed by atoms with E-state index in [-0.39, 0.29) is 29.8 Å². The number of aliphatic hydroxyl groups is 1. The number of carbonyl (C=O) groups is 2. The van der Waals surface area contributed by atoms with Gasteiger partial charge in [-0.2, -0.15) is 0 Å². The van der Waals surface area contributed by atoms with E-state index in [1.54, 1.807) is 0 Å². The number of carboxylic acid groups (broad SMARTS) is 1. The van der Waals surface area contributed by atoms with Gasteiger partial charge in [-0.3, -0.25) is 9.59 Å². The zero-order valence-electron chi connectivity index (χ0n) is 18.7. The number of carbonyl (C=O) groups excluding carboxylic acids is 1. The first-order chi connectivity index (χ1) is 13.5. The summed E-state index contributed by atoms with van der Waals surface area (Å²) in [4.78, 5) is 22.1. The van der Waals surface area contributed by atoms with Gasteiger partial charge in [0.2, 0.25) is 0 Å². The minimum absolute atomic E-state index is 0.0538. The Morgan fingerprint density at radius 3 is 2.55 bits per heavy atom. The molecule has 0 heterocycles. The molecule has 5 atom stereocenters. The SMILES string of the molecule is C=C1CC[C@H]2C(C)(C)[C@@H](O)CC[C@]2(C)[C@@H]1CC[C@H](C)CCOC(=O)CCC(=O)O. The van der Waals surface area contributed by atoms with Gasteiger partial charge in [0.1, 0.15) is 0 Å². The second-order valence-corrected chi connectivity index (χ2v) is 10.3. The molecule has 0 aromatic carbocycles.